The molecular weight excluding hydrogens is 352 g/mol. The van der Waals surface area contributed by atoms with Gasteiger partial charge in [-0.1, -0.05) is 0 Å². The highest BCUT2D eigenvalue weighted by atomic mass is 16.5. The molecule has 27 heavy (non-hydrogen) atoms. The second-order valence-corrected chi connectivity index (χ2v) is 6.45. The maximum absolute atomic E-state index is 12.3. The minimum atomic E-state index is -0.454. The van der Waals surface area contributed by atoms with E-state index in [0.29, 0.717) is 43.0 Å². The lowest BCUT2D eigenvalue weighted by Crippen LogP contribution is -2.49. The Labute approximate surface area is 158 Å². The average molecular weight is 378 g/mol. The molecule has 1 fully saturated rings. The van der Waals surface area contributed by atoms with Crippen molar-refractivity contribution in [1.82, 2.24) is 20.7 Å². The molecule has 1 heterocycles. The average Bonchev–Trinajstić information content (AvgIpc) is 2.70. The van der Waals surface area contributed by atoms with Crippen LogP contribution in [-0.2, 0) is 4.79 Å². The number of amides is 4. The number of benzene rings is 1. The van der Waals surface area contributed by atoms with Gasteiger partial charge in [0.2, 0.25) is 5.91 Å². The molecule has 4 amide bonds. The minimum Gasteiger partial charge on any atom is -0.493 e. The van der Waals surface area contributed by atoms with E-state index in [1.807, 2.05) is 0 Å². The fourth-order valence-corrected chi connectivity index (χ4v) is 2.89. The Morgan fingerprint density at radius 1 is 1.04 bits per heavy atom. The highest BCUT2D eigenvalue weighted by molar-refractivity contribution is 5.96. The second kappa shape index (κ2) is 9.11. The molecule has 0 spiro atoms. The van der Waals surface area contributed by atoms with Gasteiger partial charge in [-0.15, -0.1) is 0 Å². The maximum Gasteiger partial charge on any atom is 0.319 e. The van der Waals surface area contributed by atoms with Gasteiger partial charge in [-0.3, -0.25) is 20.4 Å². The van der Waals surface area contributed by atoms with Gasteiger partial charge in [0.05, 0.1) is 14.2 Å². The monoisotopic (exact) mass is 378 g/mol. The van der Waals surface area contributed by atoms with Crippen LogP contribution < -0.4 is 20.3 Å². The van der Waals surface area contributed by atoms with Crippen LogP contribution in [0.1, 0.15) is 23.2 Å². The number of hydrogen-bond acceptors (Lipinski definition) is 5. The standard InChI is InChI=1S/C18H26N4O5/c1-21(2)18(25)22-9-7-12(8-10-22)16(23)19-20-17(24)13-5-6-14(26-3)15(11-13)27-4/h5-6,11-12H,7-10H2,1-4H3,(H,19,23)(H,20,24). The van der Waals surface area contributed by atoms with E-state index in [-0.39, 0.29) is 17.9 Å². The molecule has 0 bridgehead atoms. The number of carbonyl (C=O) groups is 3. The van der Waals surface area contributed by atoms with Crippen LogP contribution in [0.5, 0.6) is 11.5 Å². The molecule has 0 aromatic heterocycles. The summed E-state index contributed by atoms with van der Waals surface area (Å²) >= 11 is 0. The van der Waals surface area contributed by atoms with E-state index in [1.165, 1.54) is 25.2 Å². The lowest BCUT2D eigenvalue weighted by Gasteiger charge is -2.33. The second-order valence-electron chi connectivity index (χ2n) is 6.45. The van der Waals surface area contributed by atoms with E-state index < -0.39 is 5.91 Å². The van der Waals surface area contributed by atoms with Crippen molar-refractivity contribution in [1.29, 1.82) is 0 Å². The Kier molecular flexibility index (Phi) is 6.86. The molecule has 9 nitrogen and oxygen atoms in total. The molecule has 1 saturated heterocycles. The maximum atomic E-state index is 12.3. The Hall–Kier alpha value is -2.97. The first-order valence-corrected chi connectivity index (χ1v) is 8.65. The van der Waals surface area contributed by atoms with Gasteiger partial charge >= 0.3 is 6.03 Å². The zero-order valence-corrected chi connectivity index (χ0v) is 16.1. The predicted molar refractivity (Wildman–Crippen MR) is 98.5 cm³/mol. The molecule has 2 rings (SSSR count). The van der Waals surface area contributed by atoms with Crippen LogP contribution in [0.2, 0.25) is 0 Å². The van der Waals surface area contributed by atoms with Gasteiger partial charge in [0.15, 0.2) is 11.5 Å². The third-order valence-corrected chi connectivity index (χ3v) is 4.46. The lowest BCUT2D eigenvalue weighted by molar-refractivity contribution is -0.127. The van der Waals surface area contributed by atoms with Gasteiger partial charge in [-0.2, -0.15) is 0 Å². The molecule has 1 aromatic carbocycles. The summed E-state index contributed by atoms with van der Waals surface area (Å²) in [5.41, 5.74) is 5.21. The molecule has 2 N–H and O–H groups in total. The number of methoxy groups -OCH3 is 2. The summed E-state index contributed by atoms with van der Waals surface area (Å²) in [7, 11) is 6.39. The number of nitrogens with zero attached hydrogens (tertiary/aromatic N) is 2. The number of likely N-dealkylation sites (tertiary alicyclic amines) is 1. The van der Waals surface area contributed by atoms with Crippen molar-refractivity contribution in [3.8, 4) is 11.5 Å². The number of hydrazine groups is 1. The molecule has 0 atom stereocenters. The number of urea groups is 1. The van der Waals surface area contributed by atoms with E-state index in [2.05, 4.69) is 10.9 Å². The molecule has 1 aromatic rings. The number of piperidine rings is 1. The summed E-state index contributed by atoms with van der Waals surface area (Å²) in [6.07, 6.45) is 1.11. The van der Waals surface area contributed by atoms with Crippen LogP contribution in [0, 0.1) is 5.92 Å². The van der Waals surface area contributed by atoms with Gasteiger partial charge in [0.25, 0.3) is 5.91 Å². The molecule has 0 saturated carbocycles. The molecule has 1 aliphatic heterocycles. The largest absolute Gasteiger partial charge is 0.493 e. The number of rotatable bonds is 4. The highest BCUT2D eigenvalue weighted by Crippen LogP contribution is 2.27. The molecule has 0 unspecified atom stereocenters. The van der Waals surface area contributed by atoms with E-state index in [4.69, 9.17) is 9.47 Å². The van der Waals surface area contributed by atoms with Gasteiger partial charge in [0, 0.05) is 38.7 Å². The minimum absolute atomic E-state index is 0.0596. The summed E-state index contributed by atoms with van der Waals surface area (Å²) in [4.78, 5) is 39.7. The zero-order valence-electron chi connectivity index (χ0n) is 16.1. The number of hydrogen-bond donors (Lipinski definition) is 2. The Morgan fingerprint density at radius 2 is 1.67 bits per heavy atom. The topological polar surface area (TPSA) is 100 Å². The zero-order chi connectivity index (χ0) is 20.0. The van der Waals surface area contributed by atoms with Crippen molar-refractivity contribution in [2.75, 3.05) is 41.4 Å². The van der Waals surface area contributed by atoms with Gasteiger partial charge in [-0.25, -0.2) is 4.79 Å². The molecule has 0 radical (unpaired) electrons. The van der Waals surface area contributed by atoms with E-state index in [0.717, 1.165) is 0 Å². The van der Waals surface area contributed by atoms with Crippen molar-refractivity contribution < 1.29 is 23.9 Å². The van der Waals surface area contributed by atoms with E-state index in [9.17, 15) is 14.4 Å². The van der Waals surface area contributed by atoms with Crippen molar-refractivity contribution in [2.24, 2.45) is 5.92 Å². The third-order valence-electron chi connectivity index (χ3n) is 4.46. The fourth-order valence-electron chi connectivity index (χ4n) is 2.89. The molecule has 148 valence electrons. The first-order chi connectivity index (χ1) is 12.9. The van der Waals surface area contributed by atoms with Crippen molar-refractivity contribution in [3.05, 3.63) is 23.8 Å². The van der Waals surface area contributed by atoms with Crippen molar-refractivity contribution in [2.45, 2.75) is 12.8 Å². The number of nitrogens with one attached hydrogen (secondary N) is 2. The van der Waals surface area contributed by atoms with Crippen molar-refractivity contribution >= 4 is 17.8 Å². The summed E-state index contributed by atoms with van der Waals surface area (Å²) in [5.74, 6) is -0.0289. The smallest absolute Gasteiger partial charge is 0.319 e. The summed E-state index contributed by atoms with van der Waals surface area (Å²) in [5, 5.41) is 0. The van der Waals surface area contributed by atoms with Gasteiger partial charge in [0.1, 0.15) is 0 Å². The number of carbonyl (C=O) groups excluding carboxylic acids is 3. The quantitative estimate of drug-likeness (QED) is 0.757. The molecule has 9 heteroatoms. The van der Waals surface area contributed by atoms with Crippen LogP contribution in [0.25, 0.3) is 0 Å². The SMILES string of the molecule is COc1ccc(C(=O)NNC(=O)C2CCN(C(=O)N(C)C)CC2)cc1OC. The van der Waals surface area contributed by atoms with Gasteiger partial charge < -0.3 is 19.3 Å². The van der Waals surface area contributed by atoms with E-state index >= 15 is 0 Å². The Bertz CT molecular complexity index is 699. The van der Waals surface area contributed by atoms with Crippen LogP contribution in [0.15, 0.2) is 18.2 Å². The molecule has 0 aliphatic carbocycles. The van der Waals surface area contributed by atoms with E-state index in [1.54, 1.807) is 31.1 Å². The predicted octanol–water partition coefficient (Wildman–Crippen LogP) is 0.858. The van der Waals surface area contributed by atoms with Crippen molar-refractivity contribution in [3.63, 3.8) is 0 Å². The lowest BCUT2D eigenvalue weighted by atomic mass is 9.96. The first-order valence-electron chi connectivity index (χ1n) is 8.65. The molecule has 1 aliphatic rings. The Balaban J connectivity index is 1.85. The normalized spacial score (nSPS) is 14.3. The molecular formula is C18H26N4O5. The first kappa shape index (κ1) is 20.3. The van der Waals surface area contributed by atoms with Crippen LogP contribution >= 0.6 is 0 Å². The fraction of sp³-hybridized carbons (Fsp3) is 0.500. The summed E-state index contributed by atoms with van der Waals surface area (Å²) in [6.45, 7) is 1.03. The summed E-state index contributed by atoms with van der Waals surface area (Å²) in [6, 6.07) is 4.67. The Morgan fingerprint density at radius 3 is 2.22 bits per heavy atom. The highest BCUT2D eigenvalue weighted by Gasteiger charge is 2.28. The van der Waals surface area contributed by atoms with Crippen LogP contribution in [0.4, 0.5) is 4.79 Å². The summed E-state index contributed by atoms with van der Waals surface area (Å²) < 4.78 is 10.3. The van der Waals surface area contributed by atoms with Crippen LogP contribution in [0.3, 0.4) is 0 Å². The number of ether oxygens (including phenoxy) is 2. The van der Waals surface area contributed by atoms with Crippen LogP contribution in [-0.4, -0.2) is 69.0 Å². The third kappa shape index (κ3) is 5.02. The van der Waals surface area contributed by atoms with Gasteiger partial charge in [-0.05, 0) is 31.0 Å².